The fraction of sp³-hybridized carbons (Fsp3) is 0.467. The zero-order valence-electron chi connectivity index (χ0n) is 12.3. The quantitative estimate of drug-likeness (QED) is 0.852. The Morgan fingerprint density at radius 3 is 2.48 bits per heavy atom. The van der Waals surface area contributed by atoms with Crippen LogP contribution >= 0.6 is 0 Å². The van der Waals surface area contributed by atoms with Crippen LogP contribution in [0.2, 0.25) is 0 Å². The Bertz CT molecular complexity index is 563. The molecule has 0 aliphatic carbocycles. The second-order valence-electron chi connectivity index (χ2n) is 4.93. The summed E-state index contributed by atoms with van der Waals surface area (Å²) in [6.07, 6.45) is 2.74. The van der Waals surface area contributed by atoms with Crippen LogP contribution in [0.25, 0.3) is 0 Å². The third-order valence-corrected chi connectivity index (χ3v) is 3.32. The third-order valence-electron chi connectivity index (χ3n) is 3.32. The van der Waals surface area contributed by atoms with Gasteiger partial charge in [0.05, 0.1) is 0 Å². The van der Waals surface area contributed by atoms with Crippen LogP contribution in [0.15, 0.2) is 24.5 Å². The number of halogens is 2. The van der Waals surface area contributed by atoms with E-state index >= 15 is 0 Å². The smallest absolute Gasteiger partial charge is 0.138 e. The Labute approximate surface area is 123 Å². The van der Waals surface area contributed by atoms with Crippen LogP contribution in [-0.2, 0) is 19.4 Å². The number of rotatable bonds is 7. The molecule has 21 heavy (non-hydrogen) atoms. The Balaban J connectivity index is 2.11. The number of hydrogen-bond donors (Lipinski definition) is 1. The molecule has 1 aromatic carbocycles. The van der Waals surface area contributed by atoms with E-state index in [1.54, 1.807) is 0 Å². The van der Waals surface area contributed by atoms with Crippen LogP contribution in [-0.4, -0.2) is 27.4 Å². The van der Waals surface area contributed by atoms with Crippen LogP contribution in [0, 0.1) is 11.6 Å². The minimum Gasteiger partial charge on any atom is -0.313 e. The van der Waals surface area contributed by atoms with Gasteiger partial charge in [-0.25, -0.2) is 13.8 Å². The molecular weight excluding hydrogens is 274 g/mol. The normalized spacial score (nSPS) is 12.6. The molecule has 0 saturated carbocycles. The standard InChI is InChI=1S/C15H20F2N4/c1-3-18-14(9-15-19-10-20-21(15)4-2)7-11-5-12(16)8-13(17)6-11/h5-6,8,10,14,18H,3-4,7,9H2,1-2H3. The molecule has 0 bridgehead atoms. The van der Waals surface area contributed by atoms with E-state index in [4.69, 9.17) is 0 Å². The number of likely N-dealkylation sites (N-methyl/N-ethyl adjacent to an activating group) is 1. The number of aryl methyl sites for hydroxylation is 1. The van der Waals surface area contributed by atoms with Crippen molar-refractivity contribution in [3.8, 4) is 0 Å². The minimum atomic E-state index is -0.544. The Morgan fingerprint density at radius 1 is 1.14 bits per heavy atom. The highest BCUT2D eigenvalue weighted by molar-refractivity contribution is 5.19. The molecule has 0 saturated heterocycles. The lowest BCUT2D eigenvalue weighted by Gasteiger charge is -2.18. The van der Waals surface area contributed by atoms with Crippen molar-refractivity contribution in [2.24, 2.45) is 0 Å². The summed E-state index contributed by atoms with van der Waals surface area (Å²) in [6, 6.07) is 3.70. The van der Waals surface area contributed by atoms with E-state index in [2.05, 4.69) is 15.4 Å². The first-order chi connectivity index (χ1) is 10.1. The second kappa shape index (κ2) is 7.26. The zero-order valence-corrected chi connectivity index (χ0v) is 12.3. The molecule has 1 unspecified atom stereocenters. The molecule has 0 aliphatic rings. The van der Waals surface area contributed by atoms with Gasteiger partial charge in [0.15, 0.2) is 0 Å². The first-order valence-corrected chi connectivity index (χ1v) is 7.17. The molecule has 0 spiro atoms. The predicted molar refractivity (Wildman–Crippen MR) is 76.9 cm³/mol. The van der Waals surface area contributed by atoms with Gasteiger partial charge in [-0.3, -0.25) is 4.68 Å². The van der Waals surface area contributed by atoms with Gasteiger partial charge in [-0.1, -0.05) is 6.92 Å². The number of nitrogens with one attached hydrogen (secondary N) is 1. The molecule has 0 fully saturated rings. The molecule has 0 aliphatic heterocycles. The van der Waals surface area contributed by atoms with Crippen molar-refractivity contribution in [2.45, 2.75) is 39.3 Å². The maximum Gasteiger partial charge on any atom is 0.138 e. The molecule has 1 aromatic heterocycles. The second-order valence-corrected chi connectivity index (χ2v) is 4.93. The summed E-state index contributed by atoms with van der Waals surface area (Å²) in [4.78, 5) is 4.25. The average Bonchev–Trinajstić information content (AvgIpc) is 2.85. The molecule has 2 rings (SSSR count). The summed E-state index contributed by atoms with van der Waals surface area (Å²) in [7, 11) is 0. The topological polar surface area (TPSA) is 42.7 Å². The van der Waals surface area contributed by atoms with Crippen molar-refractivity contribution in [1.29, 1.82) is 0 Å². The molecule has 6 heteroatoms. The van der Waals surface area contributed by atoms with E-state index in [0.717, 1.165) is 25.0 Å². The number of hydrogen-bond acceptors (Lipinski definition) is 3. The van der Waals surface area contributed by atoms with Gasteiger partial charge in [-0.15, -0.1) is 0 Å². The lowest BCUT2D eigenvalue weighted by molar-refractivity contribution is 0.487. The minimum absolute atomic E-state index is 0.0608. The SMILES string of the molecule is CCNC(Cc1cc(F)cc(F)c1)Cc1ncnn1CC. The van der Waals surface area contributed by atoms with Crippen molar-refractivity contribution in [3.05, 3.63) is 47.5 Å². The van der Waals surface area contributed by atoms with Crippen LogP contribution in [0.4, 0.5) is 8.78 Å². The summed E-state index contributed by atoms with van der Waals surface area (Å²) in [5, 5.41) is 7.47. The van der Waals surface area contributed by atoms with Crippen LogP contribution in [0.5, 0.6) is 0 Å². The molecule has 2 aromatic rings. The van der Waals surface area contributed by atoms with Crippen molar-refractivity contribution in [1.82, 2.24) is 20.1 Å². The van der Waals surface area contributed by atoms with Gasteiger partial charge < -0.3 is 5.32 Å². The first-order valence-electron chi connectivity index (χ1n) is 7.17. The average molecular weight is 294 g/mol. The van der Waals surface area contributed by atoms with Gasteiger partial charge in [-0.2, -0.15) is 5.10 Å². The van der Waals surface area contributed by atoms with Crippen LogP contribution in [0.3, 0.4) is 0 Å². The maximum absolute atomic E-state index is 13.3. The highest BCUT2D eigenvalue weighted by atomic mass is 19.1. The van der Waals surface area contributed by atoms with E-state index in [9.17, 15) is 8.78 Å². The van der Waals surface area contributed by atoms with Crippen LogP contribution in [0.1, 0.15) is 25.2 Å². The molecule has 4 nitrogen and oxygen atoms in total. The molecule has 1 N–H and O–H groups in total. The van der Waals surface area contributed by atoms with Crippen molar-refractivity contribution < 1.29 is 8.78 Å². The summed E-state index contributed by atoms with van der Waals surface area (Å²) >= 11 is 0. The van der Waals surface area contributed by atoms with Gasteiger partial charge in [0, 0.05) is 25.1 Å². The highest BCUT2D eigenvalue weighted by Gasteiger charge is 2.14. The van der Waals surface area contributed by atoms with Gasteiger partial charge in [0.2, 0.25) is 0 Å². The van der Waals surface area contributed by atoms with Gasteiger partial charge >= 0.3 is 0 Å². The summed E-state index contributed by atoms with van der Waals surface area (Å²) < 4.78 is 28.4. The van der Waals surface area contributed by atoms with E-state index in [-0.39, 0.29) is 6.04 Å². The lowest BCUT2D eigenvalue weighted by atomic mass is 10.0. The molecule has 1 atom stereocenters. The fourth-order valence-corrected chi connectivity index (χ4v) is 2.45. The Hall–Kier alpha value is -1.82. The zero-order chi connectivity index (χ0) is 15.2. The van der Waals surface area contributed by atoms with E-state index in [1.165, 1.54) is 18.5 Å². The Morgan fingerprint density at radius 2 is 1.86 bits per heavy atom. The number of aromatic nitrogens is 3. The molecule has 0 radical (unpaired) electrons. The largest absolute Gasteiger partial charge is 0.313 e. The maximum atomic E-state index is 13.3. The molecule has 0 amide bonds. The van der Waals surface area contributed by atoms with Gasteiger partial charge in [0.25, 0.3) is 0 Å². The van der Waals surface area contributed by atoms with Crippen molar-refractivity contribution in [3.63, 3.8) is 0 Å². The monoisotopic (exact) mass is 294 g/mol. The summed E-state index contributed by atoms with van der Waals surface area (Å²) in [6.45, 7) is 5.54. The van der Waals surface area contributed by atoms with Crippen LogP contribution < -0.4 is 5.32 Å². The van der Waals surface area contributed by atoms with E-state index in [0.29, 0.717) is 18.4 Å². The predicted octanol–water partition coefficient (Wildman–Crippen LogP) is 2.34. The van der Waals surface area contributed by atoms with Gasteiger partial charge in [-0.05, 0) is 37.6 Å². The van der Waals surface area contributed by atoms with Gasteiger partial charge in [0.1, 0.15) is 23.8 Å². The third kappa shape index (κ3) is 4.32. The number of nitrogens with zero attached hydrogens (tertiary/aromatic N) is 3. The fourth-order valence-electron chi connectivity index (χ4n) is 2.45. The van der Waals surface area contributed by atoms with E-state index in [1.807, 2.05) is 18.5 Å². The summed E-state index contributed by atoms with van der Waals surface area (Å²) in [5.74, 6) is -0.214. The molecular formula is C15H20F2N4. The lowest BCUT2D eigenvalue weighted by Crippen LogP contribution is -2.34. The molecule has 114 valence electrons. The molecule has 1 heterocycles. The summed E-state index contributed by atoms with van der Waals surface area (Å²) in [5.41, 5.74) is 0.640. The van der Waals surface area contributed by atoms with E-state index < -0.39 is 11.6 Å². The first kappa shape index (κ1) is 15.6. The van der Waals surface area contributed by atoms with Crippen molar-refractivity contribution >= 4 is 0 Å². The van der Waals surface area contributed by atoms with Crippen molar-refractivity contribution in [2.75, 3.05) is 6.54 Å². The highest BCUT2D eigenvalue weighted by Crippen LogP contribution is 2.12. The number of benzene rings is 1. The Kier molecular flexibility index (Phi) is 5.38.